The molecule has 1 fully saturated rings. The van der Waals surface area contributed by atoms with Crippen LogP contribution in [-0.4, -0.2) is 32.2 Å². The molecule has 1 saturated carbocycles. The zero-order chi connectivity index (χ0) is 15.8. The van der Waals surface area contributed by atoms with Gasteiger partial charge in [0.15, 0.2) is 5.96 Å². The van der Waals surface area contributed by atoms with Gasteiger partial charge in [-0.05, 0) is 43.7 Å². The van der Waals surface area contributed by atoms with Gasteiger partial charge in [-0.3, -0.25) is 4.99 Å². The Morgan fingerprint density at radius 1 is 1.30 bits per heavy atom. The van der Waals surface area contributed by atoms with Crippen LogP contribution in [0.15, 0.2) is 29.3 Å². The van der Waals surface area contributed by atoms with E-state index in [2.05, 4.69) is 30.5 Å². The van der Waals surface area contributed by atoms with Gasteiger partial charge in [0.05, 0.1) is 7.11 Å². The van der Waals surface area contributed by atoms with Crippen LogP contribution in [0.5, 0.6) is 5.75 Å². The average Bonchev–Trinajstić information content (AvgIpc) is 3.26. The van der Waals surface area contributed by atoms with Crippen molar-refractivity contribution in [3.05, 3.63) is 29.8 Å². The number of hydrogen-bond donors (Lipinski definition) is 2. The highest BCUT2D eigenvalue weighted by Gasteiger charge is 2.36. The highest BCUT2D eigenvalue weighted by molar-refractivity contribution is 14.0. The molecule has 0 spiro atoms. The highest BCUT2D eigenvalue weighted by atomic mass is 127. The first-order valence-corrected chi connectivity index (χ1v) is 8.45. The third-order valence-electron chi connectivity index (χ3n) is 4.09. The van der Waals surface area contributed by atoms with Gasteiger partial charge in [0.2, 0.25) is 0 Å². The Hall–Kier alpha value is -0.980. The molecule has 2 N–H and O–H groups in total. The Morgan fingerprint density at radius 2 is 2.09 bits per heavy atom. The quantitative estimate of drug-likeness (QED) is 0.376. The summed E-state index contributed by atoms with van der Waals surface area (Å²) in [6, 6.07) is 8.77. The summed E-state index contributed by atoms with van der Waals surface area (Å²) in [5, 5.41) is 6.89. The van der Waals surface area contributed by atoms with Gasteiger partial charge in [-0.25, -0.2) is 0 Å². The predicted octanol–water partition coefficient (Wildman–Crippen LogP) is 3.60. The first-order chi connectivity index (χ1) is 10.8. The number of methoxy groups -OCH3 is 1. The molecule has 0 bridgehead atoms. The summed E-state index contributed by atoms with van der Waals surface area (Å²) in [5.74, 6) is 2.73. The van der Waals surface area contributed by atoms with E-state index in [4.69, 9.17) is 9.73 Å². The fourth-order valence-electron chi connectivity index (χ4n) is 2.81. The van der Waals surface area contributed by atoms with Gasteiger partial charge in [-0.1, -0.05) is 31.5 Å². The number of nitrogens with one attached hydrogen (secondary N) is 2. The molecule has 1 aliphatic rings. The molecular formula is C18H30IN3O. The zero-order valence-corrected chi connectivity index (χ0v) is 16.8. The normalized spacial score (nSPS) is 19.7. The lowest BCUT2D eigenvalue weighted by Gasteiger charge is -2.11. The molecule has 2 unspecified atom stereocenters. The van der Waals surface area contributed by atoms with E-state index >= 15 is 0 Å². The van der Waals surface area contributed by atoms with E-state index < -0.39 is 0 Å². The van der Waals surface area contributed by atoms with Gasteiger partial charge < -0.3 is 15.4 Å². The van der Waals surface area contributed by atoms with E-state index in [1.807, 2.05) is 18.2 Å². The minimum Gasteiger partial charge on any atom is -0.496 e. The summed E-state index contributed by atoms with van der Waals surface area (Å²) in [4.78, 5) is 4.70. The van der Waals surface area contributed by atoms with Crippen molar-refractivity contribution in [1.29, 1.82) is 0 Å². The minimum absolute atomic E-state index is 0. The van der Waals surface area contributed by atoms with E-state index in [9.17, 15) is 0 Å². The monoisotopic (exact) mass is 431 g/mol. The Balaban J connectivity index is 0.00000264. The van der Waals surface area contributed by atoms with Gasteiger partial charge in [-0.2, -0.15) is 0 Å². The fourth-order valence-corrected chi connectivity index (χ4v) is 2.81. The lowest BCUT2D eigenvalue weighted by Crippen LogP contribution is -2.39. The van der Waals surface area contributed by atoms with Crippen molar-refractivity contribution in [3.63, 3.8) is 0 Å². The Morgan fingerprint density at radius 3 is 2.78 bits per heavy atom. The summed E-state index contributed by atoms with van der Waals surface area (Å²) < 4.78 is 5.39. The van der Waals surface area contributed by atoms with Gasteiger partial charge in [0.25, 0.3) is 0 Å². The Kier molecular flexibility index (Phi) is 9.36. The summed E-state index contributed by atoms with van der Waals surface area (Å²) >= 11 is 0. The maximum Gasteiger partial charge on any atom is 0.191 e. The molecule has 1 aromatic rings. The predicted molar refractivity (Wildman–Crippen MR) is 108 cm³/mol. The molecule has 0 aromatic heterocycles. The summed E-state index contributed by atoms with van der Waals surface area (Å²) in [5.41, 5.74) is 1.21. The lowest BCUT2D eigenvalue weighted by atomic mass is 10.1. The number of rotatable bonds is 8. The molecule has 4 nitrogen and oxygen atoms in total. The molecule has 0 amide bonds. The summed E-state index contributed by atoms with van der Waals surface area (Å²) in [7, 11) is 1.72. The van der Waals surface area contributed by atoms with E-state index in [0.29, 0.717) is 6.04 Å². The van der Waals surface area contributed by atoms with Crippen molar-refractivity contribution in [2.45, 2.75) is 45.6 Å². The number of halogens is 1. The molecule has 2 rings (SSSR count). The van der Waals surface area contributed by atoms with Crippen LogP contribution >= 0.6 is 24.0 Å². The van der Waals surface area contributed by atoms with E-state index in [0.717, 1.165) is 37.1 Å². The van der Waals surface area contributed by atoms with Crippen LogP contribution in [0.3, 0.4) is 0 Å². The maximum absolute atomic E-state index is 5.39. The van der Waals surface area contributed by atoms with Crippen LogP contribution in [0.25, 0.3) is 0 Å². The van der Waals surface area contributed by atoms with Crippen LogP contribution in [0.1, 0.15) is 38.7 Å². The Labute approximate surface area is 157 Å². The molecule has 1 aromatic carbocycles. The van der Waals surface area contributed by atoms with Crippen LogP contribution < -0.4 is 15.4 Å². The second kappa shape index (κ2) is 10.7. The smallest absolute Gasteiger partial charge is 0.191 e. The fraction of sp³-hybridized carbons (Fsp3) is 0.611. The molecule has 23 heavy (non-hydrogen) atoms. The van der Waals surface area contributed by atoms with Crippen molar-refractivity contribution in [2.75, 3.05) is 20.2 Å². The van der Waals surface area contributed by atoms with Crippen LogP contribution in [0.2, 0.25) is 0 Å². The van der Waals surface area contributed by atoms with Crippen LogP contribution in [0.4, 0.5) is 0 Å². The zero-order valence-electron chi connectivity index (χ0n) is 14.5. The van der Waals surface area contributed by atoms with Crippen molar-refractivity contribution in [3.8, 4) is 5.75 Å². The first-order valence-electron chi connectivity index (χ1n) is 8.45. The molecule has 1 aliphatic carbocycles. The van der Waals surface area contributed by atoms with E-state index in [-0.39, 0.29) is 24.0 Å². The minimum atomic E-state index is 0. The number of guanidine groups is 1. The molecule has 2 atom stereocenters. The molecule has 0 radical (unpaired) electrons. The second-order valence-corrected chi connectivity index (χ2v) is 5.86. The third kappa shape index (κ3) is 6.57. The van der Waals surface area contributed by atoms with Crippen molar-refractivity contribution >= 4 is 29.9 Å². The highest BCUT2D eigenvalue weighted by Crippen LogP contribution is 2.34. The molecule has 0 aliphatic heterocycles. The van der Waals surface area contributed by atoms with Gasteiger partial charge in [0.1, 0.15) is 5.75 Å². The molecule has 5 heteroatoms. The van der Waals surface area contributed by atoms with Gasteiger partial charge in [0, 0.05) is 19.1 Å². The topological polar surface area (TPSA) is 45.7 Å². The summed E-state index contributed by atoms with van der Waals surface area (Å²) in [6.45, 7) is 6.02. The van der Waals surface area contributed by atoms with Crippen molar-refractivity contribution in [1.82, 2.24) is 10.6 Å². The SMILES string of the molecule is CCCC1CC1NC(=NCCc1ccccc1OC)NCC.I. The van der Waals surface area contributed by atoms with Crippen molar-refractivity contribution < 1.29 is 4.74 Å². The second-order valence-electron chi connectivity index (χ2n) is 5.86. The van der Waals surface area contributed by atoms with Crippen LogP contribution in [0, 0.1) is 5.92 Å². The molecule has 0 heterocycles. The van der Waals surface area contributed by atoms with E-state index in [1.165, 1.54) is 24.8 Å². The third-order valence-corrected chi connectivity index (χ3v) is 4.09. The number of benzene rings is 1. The number of hydrogen-bond acceptors (Lipinski definition) is 2. The first kappa shape index (κ1) is 20.1. The molecular weight excluding hydrogens is 401 g/mol. The van der Waals surface area contributed by atoms with Crippen molar-refractivity contribution in [2.24, 2.45) is 10.9 Å². The standard InChI is InChI=1S/C18H29N3O.HI/c1-4-8-15-13-16(15)21-18(19-5-2)20-12-11-14-9-6-7-10-17(14)22-3;/h6-7,9-10,15-16H,4-5,8,11-13H2,1-3H3,(H2,19,20,21);1H. The number of ether oxygens (including phenoxy) is 1. The van der Waals surface area contributed by atoms with Gasteiger partial charge >= 0.3 is 0 Å². The van der Waals surface area contributed by atoms with Crippen LogP contribution in [-0.2, 0) is 6.42 Å². The number of nitrogens with zero attached hydrogens (tertiary/aromatic N) is 1. The lowest BCUT2D eigenvalue weighted by molar-refractivity contribution is 0.410. The average molecular weight is 431 g/mol. The number of para-hydroxylation sites is 1. The summed E-state index contributed by atoms with van der Waals surface area (Å²) in [6.07, 6.45) is 4.76. The largest absolute Gasteiger partial charge is 0.496 e. The molecule has 130 valence electrons. The van der Waals surface area contributed by atoms with E-state index in [1.54, 1.807) is 7.11 Å². The molecule has 0 saturated heterocycles. The maximum atomic E-state index is 5.39. The Bertz CT molecular complexity index is 493. The van der Waals surface area contributed by atoms with Gasteiger partial charge in [-0.15, -0.1) is 24.0 Å². The number of aliphatic imine (C=N–C) groups is 1.